The normalized spacial score (nSPS) is 12.3. The number of phenols is 1. The highest BCUT2D eigenvalue weighted by atomic mass is 16.3. The van der Waals surface area contributed by atoms with Crippen molar-refractivity contribution in [2.75, 3.05) is 0 Å². The van der Waals surface area contributed by atoms with Crippen molar-refractivity contribution in [2.24, 2.45) is 4.99 Å². The van der Waals surface area contributed by atoms with Crippen LogP contribution in [-0.4, -0.2) is 16.3 Å². The van der Waals surface area contributed by atoms with Gasteiger partial charge in [0.15, 0.2) is 5.58 Å². The summed E-state index contributed by atoms with van der Waals surface area (Å²) >= 11 is 0. The molecule has 0 bridgehead atoms. The predicted molar refractivity (Wildman–Crippen MR) is 183 cm³/mol. The van der Waals surface area contributed by atoms with Crippen molar-refractivity contribution in [1.29, 1.82) is 0 Å². The zero-order valence-electron chi connectivity index (χ0n) is 26.2. The van der Waals surface area contributed by atoms with E-state index in [0.717, 1.165) is 38.9 Å². The van der Waals surface area contributed by atoms with Gasteiger partial charge in [-0.25, -0.2) is 4.98 Å². The van der Waals surface area contributed by atoms with Crippen molar-refractivity contribution in [1.82, 2.24) is 4.98 Å². The van der Waals surface area contributed by atoms with Gasteiger partial charge in [-0.05, 0) is 75.0 Å². The van der Waals surface area contributed by atoms with Gasteiger partial charge in [-0.15, -0.1) is 0 Å². The van der Waals surface area contributed by atoms with E-state index in [0.29, 0.717) is 22.7 Å². The number of nitrogens with zero attached hydrogens (tertiary/aromatic N) is 2. The zero-order chi connectivity index (χ0) is 31.1. The fourth-order valence-corrected chi connectivity index (χ4v) is 5.34. The number of phenolic OH excluding ortho intramolecular Hbond substituents is 1. The van der Waals surface area contributed by atoms with Gasteiger partial charge in [-0.3, -0.25) is 4.99 Å². The van der Waals surface area contributed by atoms with E-state index in [9.17, 15) is 5.11 Å². The number of benzene rings is 5. The van der Waals surface area contributed by atoms with Gasteiger partial charge in [0.1, 0.15) is 11.3 Å². The Bertz CT molecular complexity index is 1970. The number of para-hydroxylation sites is 1. The Morgan fingerprint density at radius 3 is 2.00 bits per heavy atom. The van der Waals surface area contributed by atoms with Crippen LogP contribution in [0.2, 0.25) is 0 Å². The highest BCUT2D eigenvalue weighted by Gasteiger charge is 2.19. The number of aromatic hydroxyl groups is 1. The lowest BCUT2D eigenvalue weighted by Gasteiger charge is -2.19. The van der Waals surface area contributed by atoms with Crippen molar-refractivity contribution >= 4 is 23.0 Å². The van der Waals surface area contributed by atoms with E-state index in [4.69, 9.17) is 14.4 Å². The van der Waals surface area contributed by atoms with Crippen LogP contribution in [0.4, 0.5) is 5.69 Å². The second-order valence-electron chi connectivity index (χ2n) is 13.4. The molecular weight excluding hydrogens is 540 g/mol. The maximum Gasteiger partial charge on any atom is 0.229 e. The summed E-state index contributed by atoms with van der Waals surface area (Å²) in [5.41, 5.74) is 10.4. The first-order chi connectivity index (χ1) is 21.0. The second-order valence-corrected chi connectivity index (χ2v) is 13.4. The summed E-state index contributed by atoms with van der Waals surface area (Å²) in [6, 6.07) is 36.8. The summed E-state index contributed by atoms with van der Waals surface area (Å²) in [6.45, 7) is 13.1. The van der Waals surface area contributed by atoms with Crippen LogP contribution in [-0.2, 0) is 10.8 Å². The first-order valence-corrected chi connectivity index (χ1v) is 15.1. The third-order valence-corrected chi connectivity index (χ3v) is 8.03. The first-order valence-electron chi connectivity index (χ1n) is 15.1. The Hall–Kier alpha value is -4.96. The smallest absolute Gasteiger partial charge is 0.229 e. The van der Waals surface area contributed by atoms with Crippen LogP contribution in [0.1, 0.15) is 58.2 Å². The Labute approximate surface area is 259 Å². The molecule has 1 aromatic heterocycles. The molecule has 0 saturated carbocycles. The van der Waals surface area contributed by atoms with Gasteiger partial charge >= 0.3 is 0 Å². The summed E-state index contributed by atoms with van der Waals surface area (Å²) in [7, 11) is 0. The van der Waals surface area contributed by atoms with Gasteiger partial charge < -0.3 is 9.52 Å². The van der Waals surface area contributed by atoms with Crippen LogP contribution in [0.3, 0.4) is 0 Å². The van der Waals surface area contributed by atoms with E-state index in [1.807, 2.05) is 54.6 Å². The van der Waals surface area contributed by atoms with E-state index < -0.39 is 0 Å². The number of fused-ring (bicyclic) bond motifs is 1. The van der Waals surface area contributed by atoms with Crippen LogP contribution in [0.25, 0.3) is 44.8 Å². The van der Waals surface area contributed by atoms with Gasteiger partial charge in [0.05, 0.1) is 11.3 Å². The largest absolute Gasteiger partial charge is 0.507 e. The number of hydrogen-bond donors (Lipinski definition) is 1. The van der Waals surface area contributed by atoms with Crippen LogP contribution >= 0.6 is 0 Å². The van der Waals surface area contributed by atoms with Gasteiger partial charge in [0.2, 0.25) is 5.89 Å². The Morgan fingerprint density at radius 2 is 1.30 bits per heavy atom. The molecule has 0 radical (unpaired) electrons. The van der Waals surface area contributed by atoms with Crippen LogP contribution in [0, 0.1) is 0 Å². The molecule has 0 amide bonds. The Balaban J connectivity index is 1.45. The molecule has 0 saturated heterocycles. The lowest BCUT2D eigenvalue weighted by Crippen LogP contribution is -2.11. The van der Waals surface area contributed by atoms with Crippen molar-refractivity contribution < 1.29 is 9.52 Å². The molecule has 0 aliphatic rings. The van der Waals surface area contributed by atoms with Gasteiger partial charge in [-0.1, -0.05) is 114 Å². The molecule has 1 heterocycles. The maximum atomic E-state index is 10.6. The van der Waals surface area contributed by atoms with Gasteiger partial charge in [-0.2, -0.15) is 0 Å². The maximum absolute atomic E-state index is 10.6. The molecule has 220 valence electrons. The molecule has 0 spiro atoms. The second kappa shape index (κ2) is 11.3. The first kappa shape index (κ1) is 29.1. The molecule has 0 fully saturated rings. The van der Waals surface area contributed by atoms with Crippen LogP contribution < -0.4 is 0 Å². The molecule has 44 heavy (non-hydrogen) atoms. The molecule has 4 heteroatoms. The monoisotopic (exact) mass is 578 g/mol. The van der Waals surface area contributed by atoms with Crippen molar-refractivity contribution in [3.05, 3.63) is 126 Å². The Kier molecular flexibility index (Phi) is 7.46. The molecule has 4 nitrogen and oxygen atoms in total. The fraction of sp³-hybridized carbons (Fsp3) is 0.200. The number of aromatic nitrogens is 1. The van der Waals surface area contributed by atoms with E-state index in [-0.39, 0.29) is 16.6 Å². The molecule has 0 unspecified atom stereocenters. The molecule has 5 aromatic carbocycles. The lowest BCUT2D eigenvalue weighted by molar-refractivity contribution is 0.473. The topological polar surface area (TPSA) is 58.6 Å². The fourth-order valence-electron chi connectivity index (χ4n) is 5.34. The number of aliphatic imine (C=N–C) groups is 1. The van der Waals surface area contributed by atoms with Crippen molar-refractivity contribution in [3.63, 3.8) is 0 Å². The standard InChI is InChI=1S/C40H38N2O2/c1-39(2,3)30-18-16-26(17-19-30)28-23-33(27-12-8-7-9-13-27)37-36(24-28)44-38(42-37)32-14-10-11-15-34(32)41-25-29-22-31(40(4,5)6)20-21-35(29)43/h7-25,43H,1-6H3. The summed E-state index contributed by atoms with van der Waals surface area (Å²) in [4.78, 5) is 9.83. The highest BCUT2D eigenvalue weighted by Crippen LogP contribution is 2.39. The summed E-state index contributed by atoms with van der Waals surface area (Å²) < 4.78 is 6.50. The summed E-state index contributed by atoms with van der Waals surface area (Å²) in [6.07, 6.45) is 1.71. The minimum atomic E-state index is -0.0453. The lowest BCUT2D eigenvalue weighted by atomic mass is 9.86. The molecule has 0 aliphatic heterocycles. The minimum Gasteiger partial charge on any atom is -0.507 e. The van der Waals surface area contributed by atoms with Crippen LogP contribution in [0.5, 0.6) is 5.75 Å². The van der Waals surface area contributed by atoms with Crippen LogP contribution in [0.15, 0.2) is 119 Å². The van der Waals surface area contributed by atoms with Crippen molar-refractivity contribution in [3.8, 4) is 39.5 Å². The SMILES string of the molecule is CC(C)(C)c1ccc(-c2cc(-c3ccccc3)c3nc(-c4ccccc4N=Cc4cc(C(C)(C)C)ccc4O)oc3c2)cc1. The Morgan fingerprint density at radius 1 is 0.636 bits per heavy atom. The van der Waals surface area contributed by atoms with E-state index in [1.54, 1.807) is 12.3 Å². The molecule has 0 aliphatic carbocycles. The molecule has 6 aromatic rings. The molecule has 0 atom stereocenters. The average Bonchev–Trinajstić information content (AvgIpc) is 3.44. The average molecular weight is 579 g/mol. The van der Waals surface area contributed by atoms with Crippen molar-refractivity contribution in [2.45, 2.75) is 52.4 Å². The minimum absolute atomic E-state index is 0.0453. The summed E-state index contributed by atoms with van der Waals surface area (Å²) in [5, 5.41) is 10.6. The zero-order valence-corrected chi connectivity index (χ0v) is 26.2. The van der Waals surface area contributed by atoms with E-state index in [2.05, 4.69) is 90.1 Å². The van der Waals surface area contributed by atoms with Gasteiger partial charge in [0.25, 0.3) is 0 Å². The molecule has 1 N–H and O–H groups in total. The summed E-state index contributed by atoms with van der Waals surface area (Å²) in [5.74, 6) is 0.689. The third kappa shape index (κ3) is 5.93. The number of oxazole rings is 1. The number of rotatable bonds is 5. The highest BCUT2D eigenvalue weighted by molar-refractivity contribution is 5.97. The van der Waals surface area contributed by atoms with Gasteiger partial charge in [0, 0.05) is 17.3 Å². The quantitative estimate of drug-likeness (QED) is 0.207. The predicted octanol–water partition coefficient (Wildman–Crippen LogP) is 10.9. The third-order valence-electron chi connectivity index (χ3n) is 8.03. The van der Waals surface area contributed by atoms with E-state index in [1.165, 1.54) is 5.56 Å². The molecular formula is C40H38N2O2. The van der Waals surface area contributed by atoms with E-state index >= 15 is 0 Å². The number of hydrogen-bond acceptors (Lipinski definition) is 4. The molecule has 6 rings (SSSR count).